The molecular weight excluding hydrogens is 305 g/mol. The first-order valence-electron chi connectivity index (χ1n) is 4.74. The molecule has 86 valence electrons. The van der Waals surface area contributed by atoms with Gasteiger partial charge in [0.25, 0.3) is 0 Å². The molecule has 0 saturated carbocycles. The molecule has 0 spiro atoms. The zero-order valence-corrected chi connectivity index (χ0v) is 11.0. The molecule has 0 radical (unpaired) electrons. The fourth-order valence-electron chi connectivity index (χ4n) is 1.36. The Morgan fingerprint density at radius 1 is 1.41 bits per heavy atom. The molecule has 0 unspecified atom stereocenters. The summed E-state index contributed by atoms with van der Waals surface area (Å²) in [6.07, 6.45) is 1.79. The van der Waals surface area contributed by atoms with Crippen molar-refractivity contribution < 1.29 is 4.39 Å². The number of halogens is 2. The van der Waals surface area contributed by atoms with Crippen LogP contribution in [0.2, 0.25) is 0 Å². The lowest BCUT2D eigenvalue weighted by atomic mass is 10.2. The molecule has 6 heteroatoms. The van der Waals surface area contributed by atoms with Crippen LogP contribution in [-0.2, 0) is 6.54 Å². The molecule has 2 rings (SSSR count). The highest BCUT2D eigenvalue weighted by molar-refractivity contribution is 9.10. The van der Waals surface area contributed by atoms with Crippen molar-refractivity contribution in [2.45, 2.75) is 6.54 Å². The second-order valence-corrected chi connectivity index (χ2v) is 4.36. The first kappa shape index (κ1) is 12.1. The SMILES string of the molecule is Fc1ccc(Cn2cc(Br)c(N=C=S)n2)cc1. The van der Waals surface area contributed by atoms with Crippen LogP contribution in [0.1, 0.15) is 5.56 Å². The minimum atomic E-state index is -0.249. The maximum absolute atomic E-state index is 12.7. The summed E-state index contributed by atoms with van der Waals surface area (Å²) in [5.74, 6) is 0.239. The molecule has 17 heavy (non-hydrogen) atoms. The Morgan fingerprint density at radius 3 is 2.76 bits per heavy atom. The van der Waals surface area contributed by atoms with Crippen molar-refractivity contribution in [2.75, 3.05) is 0 Å². The van der Waals surface area contributed by atoms with Gasteiger partial charge in [-0.2, -0.15) is 10.1 Å². The number of thiocarbonyl (C=S) groups is 1. The summed E-state index contributed by atoms with van der Waals surface area (Å²) in [4.78, 5) is 3.81. The van der Waals surface area contributed by atoms with Gasteiger partial charge in [0.15, 0.2) is 5.82 Å². The van der Waals surface area contributed by atoms with E-state index in [1.165, 1.54) is 12.1 Å². The zero-order chi connectivity index (χ0) is 12.3. The molecule has 2 aromatic rings. The Balaban J connectivity index is 2.21. The minimum absolute atomic E-state index is 0.249. The van der Waals surface area contributed by atoms with Crippen LogP contribution in [-0.4, -0.2) is 14.9 Å². The van der Waals surface area contributed by atoms with Crippen molar-refractivity contribution in [3.63, 3.8) is 0 Å². The Morgan fingerprint density at radius 2 is 2.12 bits per heavy atom. The topological polar surface area (TPSA) is 30.2 Å². The third-order valence-electron chi connectivity index (χ3n) is 2.11. The van der Waals surface area contributed by atoms with Crippen LogP contribution in [0.5, 0.6) is 0 Å². The average molecular weight is 312 g/mol. The molecule has 0 N–H and O–H groups in total. The van der Waals surface area contributed by atoms with Crippen molar-refractivity contribution in [3.05, 3.63) is 46.3 Å². The summed E-state index contributed by atoms with van der Waals surface area (Å²) in [7, 11) is 0. The zero-order valence-electron chi connectivity index (χ0n) is 8.60. The normalized spacial score (nSPS) is 10.0. The van der Waals surface area contributed by atoms with Gasteiger partial charge in [-0.25, -0.2) is 4.39 Å². The number of hydrogen-bond donors (Lipinski definition) is 0. The van der Waals surface area contributed by atoms with E-state index >= 15 is 0 Å². The summed E-state index contributed by atoms with van der Waals surface area (Å²) >= 11 is 7.84. The molecule has 3 nitrogen and oxygen atoms in total. The molecule has 0 amide bonds. The van der Waals surface area contributed by atoms with E-state index in [-0.39, 0.29) is 5.82 Å². The second-order valence-electron chi connectivity index (χ2n) is 3.33. The van der Waals surface area contributed by atoms with Gasteiger partial charge in [-0.1, -0.05) is 12.1 Å². The van der Waals surface area contributed by atoms with Gasteiger partial charge in [0.2, 0.25) is 0 Å². The summed E-state index contributed by atoms with van der Waals surface area (Å²) in [6.45, 7) is 0.547. The van der Waals surface area contributed by atoms with Crippen LogP contribution < -0.4 is 0 Å². The number of benzene rings is 1. The Bertz CT molecular complexity index is 573. The molecule has 1 heterocycles. The lowest BCUT2D eigenvalue weighted by molar-refractivity contribution is 0.624. The predicted octanol–water partition coefficient (Wildman–Crippen LogP) is 3.57. The van der Waals surface area contributed by atoms with Crippen LogP contribution in [0.4, 0.5) is 10.2 Å². The van der Waals surface area contributed by atoms with E-state index in [4.69, 9.17) is 0 Å². The van der Waals surface area contributed by atoms with E-state index in [0.29, 0.717) is 12.4 Å². The lowest BCUT2D eigenvalue weighted by Gasteiger charge is -2.00. The smallest absolute Gasteiger partial charge is 0.198 e. The first-order chi connectivity index (χ1) is 8.19. The van der Waals surface area contributed by atoms with Crippen LogP contribution in [0.25, 0.3) is 0 Å². The van der Waals surface area contributed by atoms with Crippen LogP contribution in [0.3, 0.4) is 0 Å². The number of aromatic nitrogens is 2. The van der Waals surface area contributed by atoms with Gasteiger partial charge in [0.1, 0.15) is 5.82 Å². The van der Waals surface area contributed by atoms with Crippen LogP contribution >= 0.6 is 28.1 Å². The second kappa shape index (κ2) is 5.31. The molecule has 0 bridgehead atoms. The Kier molecular flexibility index (Phi) is 3.78. The molecule has 0 saturated heterocycles. The molecule has 1 aromatic carbocycles. The van der Waals surface area contributed by atoms with Gasteiger partial charge < -0.3 is 0 Å². The summed E-state index contributed by atoms with van der Waals surface area (Å²) in [6, 6.07) is 6.27. The van der Waals surface area contributed by atoms with Gasteiger partial charge >= 0.3 is 0 Å². The molecule has 1 aromatic heterocycles. The van der Waals surface area contributed by atoms with E-state index in [9.17, 15) is 4.39 Å². The molecular formula is C11H7BrFN3S. The van der Waals surface area contributed by atoms with Gasteiger partial charge in [-0.05, 0) is 45.8 Å². The molecule has 0 aliphatic heterocycles. The standard InChI is InChI=1S/C11H7BrFN3S/c12-10-6-16(15-11(10)14-7-17)5-8-1-3-9(13)4-2-8/h1-4,6H,5H2. The highest BCUT2D eigenvalue weighted by Crippen LogP contribution is 2.22. The summed E-state index contributed by atoms with van der Waals surface area (Å²) in [5, 5.41) is 6.46. The summed E-state index contributed by atoms with van der Waals surface area (Å²) in [5.41, 5.74) is 0.958. The fraction of sp³-hybridized carbons (Fsp3) is 0.0909. The van der Waals surface area contributed by atoms with E-state index < -0.39 is 0 Å². The lowest BCUT2D eigenvalue weighted by Crippen LogP contribution is -1.99. The van der Waals surface area contributed by atoms with E-state index in [0.717, 1.165) is 10.0 Å². The van der Waals surface area contributed by atoms with Crippen molar-refractivity contribution >= 4 is 39.1 Å². The third-order valence-corrected chi connectivity index (χ3v) is 2.76. The highest BCUT2D eigenvalue weighted by Gasteiger charge is 2.05. The van der Waals surface area contributed by atoms with Gasteiger partial charge in [-0.3, -0.25) is 4.68 Å². The first-order valence-corrected chi connectivity index (χ1v) is 5.94. The Hall–Kier alpha value is -1.36. The maximum Gasteiger partial charge on any atom is 0.198 e. The van der Waals surface area contributed by atoms with E-state index in [1.54, 1.807) is 23.0 Å². The van der Waals surface area contributed by atoms with Gasteiger partial charge in [0, 0.05) is 6.20 Å². The molecule has 0 aliphatic rings. The average Bonchev–Trinajstić information content (AvgIpc) is 2.63. The van der Waals surface area contributed by atoms with Gasteiger partial charge in [-0.15, -0.1) is 0 Å². The van der Waals surface area contributed by atoms with Crippen LogP contribution in [0.15, 0.2) is 39.9 Å². The highest BCUT2D eigenvalue weighted by atomic mass is 79.9. The predicted molar refractivity (Wildman–Crippen MR) is 70.1 cm³/mol. The fourth-order valence-corrected chi connectivity index (χ4v) is 1.85. The van der Waals surface area contributed by atoms with E-state index in [2.05, 4.69) is 43.4 Å². The largest absolute Gasteiger partial charge is 0.265 e. The maximum atomic E-state index is 12.7. The van der Waals surface area contributed by atoms with E-state index in [1.807, 2.05) is 0 Å². The monoisotopic (exact) mass is 311 g/mol. The van der Waals surface area contributed by atoms with Crippen LogP contribution in [0, 0.1) is 5.82 Å². The number of nitrogens with zero attached hydrogens (tertiary/aromatic N) is 3. The number of rotatable bonds is 3. The van der Waals surface area contributed by atoms with Crippen molar-refractivity contribution in [1.29, 1.82) is 0 Å². The molecule has 0 aliphatic carbocycles. The quantitative estimate of drug-likeness (QED) is 0.641. The van der Waals surface area contributed by atoms with Crippen molar-refractivity contribution in [2.24, 2.45) is 4.99 Å². The molecule has 0 fully saturated rings. The summed E-state index contributed by atoms with van der Waals surface area (Å²) < 4.78 is 15.2. The van der Waals surface area contributed by atoms with Crippen molar-refractivity contribution in [1.82, 2.24) is 9.78 Å². The Labute approximate surface area is 111 Å². The molecule has 0 atom stereocenters. The van der Waals surface area contributed by atoms with Crippen molar-refractivity contribution in [3.8, 4) is 0 Å². The third kappa shape index (κ3) is 3.06. The number of isothiocyanates is 1. The minimum Gasteiger partial charge on any atom is -0.265 e. The number of hydrogen-bond acceptors (Lipinski definition) is 3. The number of aliphatic imine (C=N–C) groups is 1. The van der Waals surface area contributed by atoms with Gasteiger partial charge in [0.05, 0.1) is 16.2 Å².